The van der Waals surface area contributed by atoms with E-state index in [2.05, 4.69) is 24.1 Å². The van der Waals surface area contributed by atoms with E-state index in [1.807, 2.05) is 16.8 Å². The van der Waals surface area contributed by atoms with Crippen molar-refractivity contribution in [2.75, 3.05) is 5.32 Å². The highest BCUT2D eigenvalue weighted by molar-refractivity contribution is 6.42. The third-order valence-electron chi connectivity index (χ3n) is 2.40. The van der Waals surface area contributed by atoms with Gasteiger partial charge in [0.1, 0.15) is 0 Å². The molecule has 5 heteroatoms. The van der Waals surface area contributed by atoms with Gasteiger partial charge in [-0.05, 0) is 32.0 Å². The molecule has 3 nitrogen and oxygen atoms in total. The van der Waals surface area contributed by atoms with Crippen molar-refractivity contribution in [3.63, 3.8) is 0 Å². The summed E-state index contributed by atoms with van der Waals surface area (Å²) in [6.07, 6.45) is 3.70. The topological polar surface area (TPSA) is 29.9 Å². The normalized spacial score (nSPS) is 10.9. The second-order valence-corrected chi connectivity index (χ2v) is 4.82. The summed E-state index contributed by atoms with van der Waals surface area (Å²) in [6, 6.07) is 5.76. The molecule has 1 aromatic heterocycles. The lowest BCUT2D eigenvalue weighted by Gasteiger charge is -2.13. The fraction of sp³-hybridized carbons (Fsp3) is 0.250. The molecule has 1 aromatic carbocycles. The highest BCUT2D eigenvalue weighted by Gasteiger charge is 2.06. The van der Waals surface area contributed by atoms with Gasteiger partial charge in [-0.15, -0.1) is 0 Å². The number of halogens is 2. The van der Waals surface area contributed by atoms with Crippen molar-refractivity contribution >= 4 is 34.8 Å². The van der Waals surface area contributed by atoms with Crippen molar-refractivity contribution in [2.45, 2.75) is 19.9 Å². The van der Waals surface area contributed by atoms with Gasteiger partial charge >= 0.3 is 0 Å². The lowest BCUT2D eigenvalue weighted by atomic mass is 10.3. The molecule has 0 aliphatic heterocycles. The van der Waals surface area contributed by atoms with Crippen LogP contribution in [0, 0.1) is 0 Å². The van der Waals surface area contributed by atoms with E-state index in [9.17, 15) is 0 Å². The molecule has 90 valence electrons. The molecule has 0 fully saturated rings. The van der Waals surface area contributed by atoms with E-state index in [1.54, 1.807) is 18.3 Å². The van der Waals surface area contributed by atoms with Gasteiger partial charge in [0.05, 0.1) is 10.0 Å². The maximum absolute atomic E-state index is 5.96. The Kier molecular flexibility index (Phi) is 3.60. The summed E-state index contributed by atoms with van der Waals surface area (Å²) in [6.45, 7) is 4.20. The molecule has 0 amide bonds. The summed E-state index contributed by atoms with van der Waals surface area (Å²) in [5.74, 6) is 0.790. The van der Waals surface area contributed by atoms with Crippen LogP contribution in [-0.4, -0.2) is 9.55 Å². The van der Waals surface area contributed by atoms with Crippen LogP contribution in [0.3, 0.4) is 0 Å². The third kappa shape index (κ3) is 2.73. The molecule has 0 atom stereocenters. The molecule has 1 heterocycles. The smallest absolute Gasteiger partial charge is 0.207 e. The molecule has 0 aliphatic carbocycles. The van der Waals surface area contributed by atoms with Gasteiger partial charge < -0.3 is 9.88 Å². The van der Waals surface area contributed by atoms with Crippen LogP contribution in [0.2, 0.25) is 10.0 Å². The average molecular weight is 270 g/mol. The highest BCUT2D eigenvalue weighted by atomic mass is 35.5. The minimum atomic E-state index is 0.350. The van der Waals surface area contributed by atoms with Crippen LogP contribution in [0.1, 0.15) is 19.9 Å². The Hall–Kier alpha value is -1.19. The molecule has 1 N–H and O–H groups in total. The molecule has 2 aromatic rings. The van der Waals surface area contributed by atoms with Crippen molar-refractivity contribution in [1.29, 1.82) is 0 Å². The van der Waals surface area contributed by atoms with Crippen LogP contribution < -0.4 is 5.32 Å². The minimum Gasteiger partial charge on any atom is -0.326 e. The number of hydrogen-bond donors (Lipinski definition) is 1. The molecule has 0 aliphatic rings. The summed E-state index contributed by atoms with van der Waals surface area (Å²) in [5, 5.41) is 4.28. The van der Waals surface area contributed by atoms with Gasteiger partial charge in [0.2, 0.25) is 5.95 Å². The maximum atomic E-state index is 5.96. The Bertz CT molecular complexity index is 520. The lowest BCUT2D eigenvalue weighted by Crippen LogP contribution is -2.05. The Balaban J connectivity index is 2.25. The van der Waals surface area contributed by atoms with Crippen molar-refractivity contribution < 1.29 is 0 Å². The van der Waals surface area contributed by atoms with Gasteiger partial charge in [0.15, 0.2) is 0 Å². The quantitative estimate of drug-likeness (QED) is 0.888. The largest absolute Gasteiger partial charge is 0.326 e. The number of benzene rings is 1. The number of nitrogens with zero attached hydrogens (tertiary/aromatic N) is 2. The summed E-state index contributed by atoms with van der Waals surface area (Å²) < 4.78 is 2.04. The van der Waals surface area contributed by atoms with E-state index in [4.69, 9.17) is 23.2 Å². The molecule has 0 radical (unpaired) electrons. The van der Waals surface area contributed by atoms with E-state index >= 15 is 0 Å². The number of aromatic nitrogens is 2. The molecule has 17 heavy (non-hydrogen) atoms. The predicted molar refractivity (Wildman–Crippen MR) is 72.4 cm³/mol. The summed E-state index contributed by atoms with van der Waals surface area (Å²) in [7, 11) is 0. The van der Waals surface area contributed by atoms with Crippen molar-refractivity contribution in [1.82, 2.24) is 9.55 Å². The first-order valence-corrected chi connectivity index (χ1v) is 6.08. The fourth-order valence-corrected chi connectivity index (χ4v) is 1.83. The second kappa shape index (κ2) is 4.98. The standard InChI is InChI=1S/C12H13Cl2N3/c1-8(2)17-6-5-15-12(17)16-9-3-4-10(13)11(14)7-9/h3-8H,1-2H3,(H,15,16). The molecule has 0 bridgehead atoms. The van der Waals surface area contributed by atoms with Gasteiger partial charge in [0.25, 0.3) is 0 Å². The number of imidazole rings is 1. The van der Waals surface area contributed by atoms with E-state index in [0.717, 1.165) is 11.6 Å². The van der Waals surface area contributed by atoms with Crippen LogP contribution in [-0.2, 0) is 0 Å². The van der Waals surface area contributed by atoms with Gasteiger partial charge in [-0.1, -0.05) is 23.2 Å². The first kappa shape index (κ1) is 12.3. The van der Waals surface area contributed by atoms with Crippen LogP contribution in [0.4, 0.5) is 11.6 Å². The van der Waals surface area contributed by atoms with Crippen LogP contribution in [0.25, 0.3) is 0 Å². The fourth-order valence-electron chi connectivity index (χ4n) is 1.53. The van der Waals surface area contributed by atoms with E-state index in [0.29, 0.717) is 16.1 Å². The average Bonchev–Trinajstić information content (AvgIpc) is 2.72. The summed E-state index contributed by atoms with van der Waals surface area (Å²) >= 11 is 11.8. The van der Waals surface area contributed by atoms with E-state index in [-0.39, 0.29) is 0 Å². The molecule has 2 rings (SSSR count). The second-order valence-electron chi connectivity index (χ2n) is 4.01. The number of hydrogen-bond acceptors (Lipinski definition) is 2. The summed E-state index contributed by atoms with van der Waals surface area (Å²) in [4.78, 5) is 4.26. The molecular weight excluding hydrogens is 257 g/mol. The molecule has 0 saturated heterocycles. The number of rotatable bonds is 3. The molecular formula is C12H13Cl2N3. The van der Waals surface area contributed by atoms with E-state index in [1.165, 1.54) is 0 Å². The zero-order valence-corrected chi connectivity index (χ0v) is 11.1. The monoisotopic (exact) mass is 269 g/mol. The van der Waals surface area contributed by atoms with Gasteiger partial charge in [0, 0.05) is 24.1 Å². The van der Waals surface area contributed by atoms with E-state index < -0.39 is 0 Å². The SMILES string of the molecule is CC(C)n1ccnc1Nc1ccc(Cl)c(Cl)c1. The number of anilines is 2. The Morgan fingerprint density at radius 3 is 2.65 bits per heavy atom. The molecule has 0 saturated carbocycles. The molecule has 0 unspecified atom stereocenters. The predicted octanol–water partition coefficient (Wildman–Crippen LogP) is 4.51. The Morgan fingerprint density at radius 2 is 2.00 bits per heavy atom. The molecule has 0 spiro atoms. The van der Waals surface area contributed by atoms with Crippen LogP contribution in [0.5, 0.6) is 0 Å². The van der Waals surface area contributed by atoms with Gasteiger partial charge in [-0.2, -0.15) is 0 Å². The Labute approximate surface area is 110 Å². The minimum absolute atomic E-state index is 0.350. The third-order valence-corrected chi connectivity index (χ3v) is 3.14. The van der Waals surface area contributed by atoms with Crippen LogP contribution >= 0.6 is 23.2 Å². The van der Waals surface area contributed by atoms with Gasteiger partial charge in [-0.25, -0.2) is 4.98 Å². The van der Waals surface area contributed by atoms with Crippen molar-refractivity contribution in [3.8, 4) is 0 Å². The van der Waals surface area contributed by atoms with Gasteiger partial charge in [-0.3, -0.25) is 0 Å². The van der Waals surface area contributed by atoms with Crippen molar-refractivity contribution in [2.24, 2.45) is 0 Å². The summed E-state index contributed by atoms with van der Waals surface area (Å²) in [5.41, 5.74) is 0.868. The number of nitrogens with one attached hydrogen (secondary N) is 1. The zero-order chi connectivity index (χ0) is 12.4. The zero-order valence-electron chi connectivity index (χ0n) is 9.61. The van der Waals surface area contributed by atoms with Crippen LogP contribution in [0.15, 0.2) is 30.6 Å². The Morgan fingerprint density at radius 1 is 1.24 bits per heavy atom. The van der Waals surface area contributed by atoms with Crippen molar-refractivity contribution in [3.05, 3.63) is 40.6 Å². The lowest BCUT2D eigenvalue weighted by molar-refractivity contribution is 0.608. The first-order chi connectivity index (χ1) is 8.08. The first-order valence-electron chi connectivity index (χ1n) is 5.33. The highest BCUT2D eigenvalue weighted by Crippen LogP contribution is 2.27. The maximum Gasteiger partial charge on any atom is 0.207 e.